The summed E-state index contributed by atoms with van der Waals surface area (Å²) in [5.74, 6) is 0.111. The molecule has 0 heterocycles. The van der Waals surface area contributed by atoms with Gasteiger partial charge in [-0.15, -0.1) is 0 Å². The first-order valence-electron chi connectivity index (χ1n) is 4.04. The zero-order valence-corrected chi connectivity index (χ0v) is 7.13. The van der Waals surface area contributed by atoms with Crippen molar-refractivity contribution >= 4 is 6.29 Å². The smallest absolute Gasteiger partial charge is 0.126 e. The van der Waals surface area contributed by atoms with Crippen LogP contribution >= 0.6 is 0 Å². The summed E-state index contributed by atoms with van der Waals surface area (Å²) in [6.07, 6.45) is 7.38. The molecule has 0 aromatic carbocycles. The van der Waals surface area contributed by atoms with Crippen molar-refractivity contribution in [3.8, 4) is 0 Å². The lowest BCUT2D eigenvalue weighted by Gasteiger charge is -2.13. The molecule has 60 valence electrons. The molecule has 0 saturated carbocycles. The van der Waals surface area contributed by atoms with Gasteiger partial charge in [-0.2, -0.15) is 0 Å². The van der Waals surface area contributed by atoms with E-state index in [1.54, 1.807) is 0 Å². The largest absolute Gasteiger partial charge is 0.303 e. The van der Waals surface area contributed by atoms with Crippen LogP contribution < -0.4 is 0 Å². The average molecular weight is 150 g/mol. The van der Waals surface area contributed by atoms with E-state index in [1.165, 1.54) is 11.1 Å². The third-order valence-electron chi connectivity index (χ3n) is 2.16. The van der Waals surface area contributed by atoms with Gasteiger partial charge in [-0.05, 0) is 19.8 Å². The molecule has 0 fully saturated rings. The zero-order chi connectivity index (χ0) is 8.27. The quantitative estimate of drug-likeness (QED) is 0.436. The molecular formula is C10H14O. The van der Waals surface area contributed by atoms with Gasteiger partial charge in [0.15, 0.2) is 0 Å². The van der Waals surface area contributed by atoms with Crippen LogP contribution in [0.15, 0.2) is 23.3 Å². The fourth-order valence-electron chi connectivity index (χ4n) is 1.21. The Morgan fingerprint density at radius 1 is 1.45 bits per heavy atom. The van der Waals surface area contributed by atoms with E-state index < -0.39 is 0 Å². The molecule has 1 rings (SSSR count). The molecule has 0 bridgehead atoms. The minimum absolute atomic E-state index is 0.111. The molecular weight excluding hydrogens is 136 g/mol. The Hall–Kier alpha value is -0.850. The highest BCUT2D eigenvalue weighted by Gasteiger charge is 2.08. The normalized spacial score (nSPS) is 20.2. The van der Waals surface area contributed by atoms with Gasteiger partial charge in [0.05, 0.1) is 0 Å². The molecule has 11 heavy (non-hydrogen) atoms. The molecule has 0 radical (unpaired) electrons. The fourth-order valence-corrected chi connectivity index (χ4v) is 1.21. The lowest BCUT2D eigenvalue weighted by Crippen LogP contribution is -2.02. The van der Waals surface area contributed by atoms with Crippen molar-refractivity contribution in [3.63, 3.8) is 0 Å². The molecule has 0 N–H and O–H groups in total. The maximum Gasteiger partial charge on any atom is 0.126 e. The molecule has 0 aromatic heterocycles. The van der Waals surface area contributed by atoms with Gasteiger partial charge in [-0.1, -0.05) is 30.2 Å². The Morgan fingerprint density at radius 3 is 2.64 bits per heavy atom. The van der Waals surface area contributed by atoms with Gasteiger partial charge in [-0.3, -0.25) is 0 Å². The highest BCUT2D eigenvalue weighted by Crippen LogP contribution is 2.21. The minimum Gasteiger partial charge on any atom is -0.303 e. The molecule has 1 nitrogen and oxygen atoms in total. The predicted octanol–water partition coefficient (Wildman–Crippen LogP) is 2.49. The van der Waals surface area contributed by atoms with Crippen molar-refractivity contribution in [1.29, 1.82) is 0 Å². The second-order valence-corrected chi connectivity index (χ2v) is 3.16. The van der Waals surface area contributed by atoms with E-state index in [4.69, 9.17) is 0 Å². The Morgan fingerprint density at radius 2 is 2.18 bits per heavy atom. The number of rotatable bonds is 2. The van der Waals surface area contributed by atoms with E-state index in [1.807, 2.05) is 6.92 Å². The van der Waals surface area contributed by atoms with Crippen LogP contribution in [-0.4, -0.2) is 6.29 Å². The third kappa shape index (κ3) is 2.04. The lowest BCUT2D eigenvalue weighted by atomic mass is 9.92. The number of hydrogen-bond acceptors (Lipinski definition) is 1. The predicted molar refractivity (Wildman–Crippen MR) is 46.3 cm³/mol. The summed E-state index contributed by atoms with van der Waals surface area (Å²) in [5.41, 5.74) is 2.68. The van der Waals surface area contributed by atoms with Crippen LogP contribution in [0.1, 0.15) is 26.7 Å². The van der Waals surface area contributed by atoms with Crippen LogP contribution in [0.5, 0.6) is 0 Å². The molecule has 1 atom stereocenters. The topological polar surface area (TPSA) is 17.1 Å². The summed E-state index contributed by atoms with van der Waals surface area (Å²) in [6, 6.07) is 0. The Balaban J connectivity index is 2.58. The average Bonchev–Trinajstić information content (AvgIpc) is 2.05. The van der Waals surface area contributed by atoms with Crippen LogP contribution in [0, 0.1) is 5.92 Å². The summed E-state index contributed by atoms with van der Waals surface area (Å²) < 4.78 is 0. The van der Waals surface area contributed by atoms with E-state index >= 15 is 0 Å². The maximum atomic E-state index is 10.4. The van der Waals surface area contributed by atoms with E-state index in [0.29, 0.717) is 0 Å². The highest BCUT2D eigenvalue weighted by molar-refractivity contribution is 5.58. The van der Waals surface area contributed by atoms with Crippen LogP contribution in [0.3, 0.4) is 0 Å². The van der Waals surface area contributed by atoms with Crippen LogP contribution in [0.25, 0.3) is 0 Å². The molecule has 1 unspecified atom stereocenters. The van der Waals surface area contributed by atoms with Gasteiger partial charge in [0, 0.05) is 5.92 Å². The van der Waals surface area contributed by atoms with Crippen molar-refractivity contribution in [2.45, 2.75) is 26.7 Å². The zero-order valence-electron chi connectivity index (χ0n) is 7.13. The van der Waals surface area contributed by atoms with Crippen LogP contribution in [0.2, 0.25) is 0 Å². The minimum atomic E-state index is 0.111. The van der Waals surface area contributed by atoms with E-state index in [2.05, 4.69) is 19.1 Å². The Bertz CT molecular complexity index is 211. The van der Waals surface area contributed by atoms with Crippen LogP contribution in [-0.2, 0) is 4.79 Å². The first-order chi connectivity index (χ1) is 5.24. The van der Waals surface area contributed by atoms with Gasteiger partial charge in [-0.25, -0.2) is 0 Å². The van der Waals surface area contributed by atoms with E-state index in [0.717, 1.165) is 19.1 Å². The first-order valence-corrected chi connectivity index (χ1v) is 4.04. The third-order valence-corrected chi connectivity index (χ3v) is 2.16. The molecule has 1 heteroatoms. The van der Waals surface area contributed by atoms with Crippen molar-refractivity contribution in [1.82, 2.24) is 0 Å². The molecule has 0 aliphatic heterocycles. The molecule has 1 aliphatic carbocycles. The molecule has 1 aliphatic rings. The lowest BCUT2D eigenvalue weighted by molar-refractivity contribution is -0.109. The van der Waals surface area contributed by atoms with Gasteiger partial charge in [0.2, 0.25) is 0 Å². The summed E-state index contributed by atoms with van der Waals surface area (Å²) in [4.78, 5) is 10.4. The number of allylic oxidation sites excluding steroid dienone is 4. The number of hydrogen-bond donors (Lipinski definition) is 0. The van der Waals surface area contributed by atoms with Gasteiger partial charge in [0.1, 0.15) is 6.29 Å². The summed E-state index contributed by atoms with van der Waals surface area (Å²) in [5, 5.41) is 0. The number of carbonyl (C=O) groups is 1. The summed E-state index contributed by atoms with van der Waals surface area (Å²) in [7, 11) is 0. The van der Waals surface area contributed by atoms with E-state index in [-0.39, 0.29) is 5.92 Å². The standard InChI is InChI=1S/C10H14O/c1-8-3-5-10(6-4-8)9(2)7-11/h3,6-7,9H,4-5H2,1-2H3. The van der Waals surface area contributed by atoms with Gasteiger partial charge in [0.25, 0.3) is 0 Å². The SMILES string of the molecule is CC1=CCC(C(C)C=O)=CC1. The summed E-state index contributed by atoms with van der Waals surface area (Å²) in [6.45, 7) is 4.08. The number of aldehydes is 1. The van der Waals surface area contributed by atoms with E-state index in [9.17, 15) is 4.79 Å². The van der Waals surface area contributed by atoms with Gasteiger partial charge >= 0.3 is 0 Å². The second kappa shape index (κ2) is 3.51. The van der Waals surface area contributed by atoms with Crippen molar-refractivity contribution in [3.05, 3.63) is 23.3 Å². The molecule has 0 aromatic rings. The van der Waals surface area contributed by atoms with Gasteiger partial charge < -0.3 is 4.79 Å². The molecule has 0 spiro atoms. The highest BCUT2D eigenvalue weighted by atomic mass is 16.1. The van der Waals surface area contributed by atoms with Crippen molar-refractivity contribution < 1.29 is 4.79 Å². The Labute approximate surface area is 67.8 Å². The van der Waals surface area contributed by atoms with Crippen molar-refractivity contribution in [2.24, 2.45) is 5.92 Å². The second-order valence-electron chi connectivity index (χ2n) is 3.16. The van der Waals surface area contributed by atoms with Crippen molar-refractivity contribution in [2.75, 3.05) is 0 Å². The summed E-state index contributed by atoms with van der Waals surface area (Å²) >= 11 is 0. The maximum absolute atomic E-state index is 10.4. The molecule has 0 saturated heterocycles. The number of carbonyl (C=O) groups excluding carboxylic acids is 1. The monoisotopic (exact) mass is 150 g/mol. The fraction of sp³-hybridized carbons (Fsp3) is 0.500. The first kappa shape index (κ1) is 8.25. The Kier molecular flexibility index (Phi) is 2.64. The molecule has 0 amide bonds. The van der Waals surface area contributed by atoms with Crippen LogP contribution in [0.4, 0.5) is 0 Å².